The molecule has 0 saturated heterocycles. The fraction of sp³-hybridized carbons (Fsp3) is 0.286. The van der Waals surface area contributed by atoms with E-state index < -0.39 is 12.0 Å². The molecule has 0 aliphatic rings. The minimum Gasteiger partial charge on any atom is -0.465 e. The first-order chi connectivity index (χ1) is 13.7. The molecule has 3 heterocycles. The number of halogens is 1. The smallest absolute Gasteiger partial charge is 0.407 e. The number of amides is 1. The monoisotopic (exact) mass is 431 g/mol. The van der Waals surface area contributed by atoms with Crippen LogP contribution in [0.3, 0.4) is 0 Å². The maximum atomic E-state index is 14.4. The quantitative estimate of drug-likeness (QED) is 0.483. The third-order valence-electron chi connectivity index (χ3n) is 3.92. The Balaban J connectivity index is 1.97. The Bertz CT molecular complexity index is 987. The minimum absolute atomic E-state index is 0.167. The molecular weight excluding hydrogens is 409 g/mol. The molecule has 152 valence electrons. The number of nitrogens with zero attached hydrogens (tertiary/aromatic N) is 3. The van der Waals surface area contributed by atoms with E-state index in [1.807, 2.05) is 45.0 Å². The van der Waals surface area contributed by atoms with E-state index in [9.17, 15) is 14.3 Å². The SMILES string of the molecule is CC(C)(C)CN(Cc1cc(-c2cccnc2F)c(Sc2ccccn2)s1)C(=O)O. The highest BCUT2D eigenvalue weighted by Gasteiger charge is 2.23. The number of hydrogen-bond acceptors (Lipinski definition) is 5. The summed E-state index contributed by atoms with van der Waals surface area (Å²) < 4.78 is 15.2. The highest BCUT2D eigenvalue weighted by atomic mass is 32.2. The van der Waals surface area contributed by atoms with Crippen LogP contribution in [-0.2, 0) is 6.54 Å². The Morgan fingerprint density at radius 2 is 1.93 bits per heavy atom. The first-order valence-electron chi connectivity index (χ1n) is 9.03. The second-order valence-electron chi connectivity index (χ2n) is 7.72. The van der Waals surface area contributed by atoms with Gasteiger partial charge in [-0.1, -0.05) is 38.6 Å². The van der Waals surface area contributed by atoms with Gasteiger partial charge in [-0.2, -0.15) is 4.39 Å². The van der Waals surface area contributed by atoms with Gasteiger partial charge in [0.05, 0.1) is 10.8 Å². The first kappa shape index (κ1) is 21.3. The van der Waals surface area contributed by atoms with E-state index in [-0.39, 0.29) is 12.0 Å². The molecule has 5 nitrogen and oxygen atoms in total. The molecule has 0 saturated carbocycles. The fourth-order valence-electron chi connectivity index (χ4n) is 2.81. The van der Waals surface area contributed by atoms with Crippen LogP contribution in [0.5, 0.6) is 0 Å². The van der Waals surface area contributed by atoms with Crippen molar-refractivity contribution in [2.45, 2.75) is 36.6 Å². The first-order valence-corrected chi connectivity index (χ1v) is 10.7. The number of aromatic nitrogens is 2. The van der Waals surface area contributed by atoms with Gasteiger partial charge in [-0.05, 0) is 35.7 Å². The van der Waals surface area contributed by atoms with Crippen LogP contribution in [0.25, 0.3) is 11.1 Å². The molecule has 0 aromatic carbocycles. The van der Waals surface area contributed by atoms with Gasteiger partial charge in [-0.3, -0.25) is 0 Å². The highest BCUT2D eigenvalue weighted by molar-refractivity contribution is 8.01. The van der Waals surface area contributed by atoms with Crippen molar-refractivity contribution in [2.24, 2.45) is 5.41 Å². The van der Waals surface area contributed by atoms with Crippen molar-refractivity contribution in [3.63, 3.8) is 0 Å². The molecule has 0 aliphatic carbocycles. The van der Waals surface area contributed by atoms with Crippen molar-refractivity contribution in [2.75, 3.05) is 6.54 Å². The van der Waals surface area contributed by atoms with Gasteiger partial charge < -0.3 is 10.0 Å². The summed E-state index contributed by atoms with van der Waals surface area (Å²) in [4.78, 5) is 22.1. The number of hydrogen-bond donors (Lipinski definition) is 1. The zero-order valence-corrected chi connectivity index (χ0v) is 18.1. The van der Waals surface area contributed by atoms with Crippen molar-refractivity contribution in [3.05, 3.63) is 59.6 Å². The molecule has 0 unspecified atom stereocenters. The Labute approximate surface area is 177 Å². The maximum absolute atomic E-state index is 14.4. The molecular formula is C21H22FN3O2S2. The summed E-state index contributed by atoms with van der Waals surface area (Å²) in [5.41, 5.74) is 0.929. The summed E-state index contributed by atoms with van der Waals surface area (Å²) >= 11 is 2.89. The van der Waals surface area contributed by atoms with Crippen molar-refractivity contribution in [1.82, 2.24) is 14.9 Å². The van der Waals surface area contributed by atoms with E-state index in [4.69, 9.17) is 0 Å². The van der Waals surface area contributed by atoms with E-state index in [0.717, 1.165) is 14.1 Å². The van der Waals surface area contributed by atoms with Crippen LogP contribution in [0.2, 0.25) is 0 Å². The number of carbonyl (C=O) groups is 1. The molecule has 1 N–H and O–H groups in total. The Morgan fingerprint density at radius 3 is 2.55 bits per heavy atom. The number of thiophene rings is 1. The van der Waals surface area contributed by atoms with Crippen molar-refractivity contribution in [3.8, 4) is 11.1 Å². The van der Waals surface area contributed by atoms with Gasteiger partial charge in [0.2, 0.25) is 5.95 Å². The van der Waals surface area contributed by atoms with Crippen LogP contribution >= 0.6 is 23.1 Å². The van der Waals surface area contributed by atoms with Gasteiger partial charge >= 0.3 is 6.09 Å². The van der Waals surface area contributed by atoms with Crippen LogP contribution in [0.1, 0.15) is 25.6 Å². The summed E-state index contributed by atoms with van der Waals surface area (Å²) in [5, 5.41) is 10.4. The van der Waals surface area contributed by atoms with Crippen LogP contribution in [-0.4, -0.2) is 32.6 Å². The lowest BCUT2D eigenvalue weighted by Gasteiger charge is -2.27. The minimum atomic E-state index is -0.971. The predicted molar refractivity (Wildman–Crippen MR) is 114 cm³/mol. The normalized spacial score (nSPS) is 11.4. The van der Waals surface area contributed by atoms with E-state index in [0.29, 0.717) is 17.7 Å². The molecule has 0 fully saturated rings. The maximum Gasteiger partial charge on any atom is 0.407 e. The number of rotatable bonds is 6. The second kappa shape index (κ2) is 8.92. The predicted octanol–water partition coefficient (Wildman–Crippen LogP) is 6.02. The molecule has 3 rings (SSSR count). The molecule has 0 aliphatic heterocycles. The van der Waals surface area contributed by atoms with Gasteiger partial charge in [0.15, 0.2) is 0 Å². The molecule has 0 spiro atoms. The summed E-state index contributed by atoms with van der Waals surface area (Å²) in [7, 11) is 0. The summed E-state index contributed by atoms with van der Waals surface area (Å²) in [6.07, 6.45) is 2.14. The lowest BCUT2D eigenvalue weighted by Crippen LogP contribution is -2.36. The number of carboxylic acid groups (broad SMARTS) is 1. The third-order valence-corrected chi connectivity index (χ3v) is 6.19. The van der Waals surface area contributed by atoms with Crippen LogP contribution in [0, 0.1) is 11.4 Å². The average molecular weight is 432 g/mol. The zero-order chi connectivity index (χ0) is 21.0. The topological polar surface area (TPSA) is 66.3 Å². The van der Waals surface area contributed by atoms with E-state index in [1.165, 1.54) is 34.2 Å². The molecule has 3 aromatic heterocycles. The van der Waals surface area contributed by atoms with Gasteiger partial charge in [-0.15, -0.1) is 11.3 Å². The average Bonchev–Trinajstić information content (AvgIpc) is 3.03. The van der Waals surface area contributed by atoms with Crippen molar-refractivity contribution in [1.29, 1.82) is 0 Å². The summed E-state index contributed by atoms with van der Waals surface area (Å²) in [6, 6.07) is 10.8. The van der Waals surface area contributed by atoms with Crippen LogP contribution < -0.4 is 0 Å². The Morgan fingerprint density at radius 1 is 1.17 bits per heavy atom. The third kappa shape index (κ3) is 5.77. The van der Waals surface area contributed by atoms with Gasteiger partial charge in [-0.25, -0.2) is 14.8 Å². The molecule has 0 radical (unpaired) electrons. The van der Waals surface area contributed by atoms with E-state index >= 15 is 0 Å². The van der Waals surface area contributed by atoms with Crippen LogP contribution in [0.4, 0.5) is 9.18 Å². The number of pyridine rings is 2. The lowest BCUT2D eigenvalue weighted by atomic mass is 9.96. The van der Waals surface area contributed by atoms with Gasteiger partial charge in [0.25, 0.3) is 0 Å². The van der Waals surface area contributed by atoms with Gasteiger partial charge in [0, 0.05) is 34.9 Å². The molecule has 0 atom stereocenters. The summed E-state index contributed by atoms with van der Waals surface area (Å²) in [5.74, 6) is -0.551. The molecule has 3 aromatic rings. The molecule has 0 bridgehead atoms. The highest BCUT2D eigenvalue weighted by Crippen LogP contribution is 2.42. The fourth-order valence-corrected chi connectivity index (χ4v) is 5.19. The zero-order valence-electron chi connectivity index (χ0n) is 16.4. The van der Waals surface area contributed by atoms with Crippen LogP contribution in [0.15, 0.2) is 58.0 Å². The molecule has 29 heavy (non-hydrogen) atoms. The summed E-state index contributed by atoms with van der Waals surface area (Å²) in [6.45, 7) is 6.64. The Hall–Kier alpha value is -2.45. The van der Waals surface area contributed by atoms with E-state index in [1.54, 1.807) is 18.3 Å². The van der Waals surface area contributed by atoms with Crippen molar-refractivity contribution >= 4 is 29.2 Å². The molecule has 1 amide bonds. The second-order valence-corrected chi connectivity index (χ2v) is 10.2. The Kier molecular flexibility index (Phi) is 6.54. The standard InChI is InChI=1S/C21H22FN3O2S2/c1-21(2,3)13-25(20(26)27)12-14-11-16(15-7-6-10-24-18(15)22)19(28-14)29-17-8-4-5-9-23-17/h4-11H,12-13H2,1-3H3,(H,26,27). The van der Waals surface area contributed by atoms with E-state index in [2.05, 4.69) is 9.97 Å². The lowest BCUT2D eigenvalue weighted by molar-refractivity contribution is 0.123. The largest absolute Gasteiger partial charge is 0.465 e. The van der Waals surface area contributed by atoms with Gasteiger partial charge in [0.1, 0.15) is 5.03 Å². The molecule has 8 heteroatoms. The van der Waals surface area contributed by atoms with Crippen molar-refractivity contribution < 1.29 is 14.3 Å².